The van der Waals surface area contributed by atoms with Crippen molar-refractivity contribution in [3.63, 3.8) is 0 Å². The molecule has 0 aliphatic rings. The predicted molar refractivity (Wildman–Crippen MR) is 64.4 cm³/mol. The summed E-state index contributed by atoms with van der Waals surface area (Å²) in [4.78, 5) is 0. The highest BCUT2D eigenvalue weighted by Gasteiger charge is 2.04. The molecule has 0 bridgehead atoms. The zero-order valence-corrected chi connectivity index (χ0v) is 9.15. The fraction of sp³-hybridized carbons (Fsp3) is 0.0714. The van der Waals surface area contributed by atoms with E-state index in [1.54, 1.807) is 12.1 Å². The van der Waals surface area contributed by atoms with Gasteiger partial charge in [-0.2, -0.15) is 5.26 Å². The van der Waals surface area contributed by atoms with Crippen LogP contribution in [0.2, 0.25) is 0 Å². The van der Waals surface area contributed by atoms with E-state index in [0.717, 1.165) is 16.7 Å². The second kappa shape index (κ2) is 4.77. The first-order chi connectivity index (χ1) is 8.24. The average molecular weight is 226 g/mol. The van der Waals surface area contributed by atoms with E-state index in [0.29, 0.717) is 6.54 Å². The second-order valence-electron chi connectivity index (χ2n) is 3.71. The normalized spacial score (nSPS) is 9.94. The molecular weight excluding hydrogens is 215 g/mol. The lowest BCUT2D eigenvalue weighted by Crippen LogP contribution is -1.95. The van der Waals surface area contributed by atoms with Gasteiger partial charge in [0.15, 0.2) is 0 Å². The summed E-state index contributed by atoms with van der Waals surface area (Å²) in [7, 11) is 0. The first-order valence-electron chi connectivity index (χ1n) is 5.23. The minimum atomic E-state index is -0.493. The van der Waals surface area contributed by atoms with Crippen molar-refractivity contribution in [1.29, 1.82) is 5.26 Å². The van der Waals surface area contributed by atoms with Gasteiger partial charge in [-0.15, -0.1) is 0 Å². The highest BCUT2D eigenvalue weighted by Crippen LogP contribution is 2.22. The van der Waals surface area contributed by atoms with E-state index in [1.807, 2.05) is 24.3 Å². The number of nitriles is 1. The number of hydrogen-bond acceptors (Lipinski definition) is 2. The standard InChI is InChI=1S/C14H11FN2/c15-14-7-12(5-6-13(14)9-17)11-3-1-10(8-16)2-4-11/h1-7H,8,16H2. The molecule has 0 spiro atoms. The smallest absolute Gasteiger partial charge is 0.141 e. The number of halogens is 1. The monoisotopic (exact) mass is 226 g/mol. The Morgan fingerprint density at radius 3 is 2.24 bits per heavy atom. The minimum absolute atomic E-state index is 0.0623. The van der Waals surface area contributed by atoms with E-state index < -0.39 is 5.82 Å². The van der Waals surface area contributed by atoms with Crippen LogP contribution in [0, 0.1) is 17.1 Å². The van der Waals surface area contributed by atoms with E-state index in [-0.39, 0.29) is 5.56 Å². The summed E-state index contributed by atoms with van der Waals surface area (Å²) >= 11 is 0. The first-order valence-corrected chi connectivity index (χ1v) is 5.23. The molecule has 3 heteroatoms. The molecular formula is C14H11FN2. The summed E-state index contributed by atoms with van der Waals surface area (Å²) in [5, 5.41) is 8.64. The van der Waals surface area contributed by atoms with Crippen LogP contribution in [0.15, 0.2) is 42.5 Å². The van der Waals surface area contributed by atoms with Crippen molar-refractivity contribution in [3.05, 3.63) is 59.4 Å². The summed E-state index contributed by atoms with van der Waals surface area (Å²) in [5.41, 5.74) is 8.26. The third kappa shape index (κ3) is 2.32. The van der Waals surface area contributed by atoms with Gasteiger partial charge in [0, 0.05) is 6.54 Å². The third-order valence-electron chi connectivity index (χ3n) is 2.61. The quantitative estimate of drug-likeness (QED) is 0.856. The minimum Gasteiger partial charge on any atom is -0.326 e. The second-order valence-corrected chi connectivity index (χ2v) is 3.71. The molecule has 2 rings (SSSR count). The zero-order valence-electron chi connectivity index (χ0n) is 9.15. The van der Waals surface area contributed by atoms with Crippen molar-refractivity contribution in [3.8, 4) is 17.2 Å². The van der Waals surface area contributed by atoms with Crippen LogP contribution >= 0.6 is 0 Å². The molecule has 0 unspecified atom stereocenters. The van der Waals surface area contributed by atoms with Crippen LogP contribution in [0.5, 0.6) is 0 Å². The molecule has 0 amide bonds. The molecule has 2 nitrogen and oxygen atoms in total. The zero-order chi connectivity index (χ0) is 12.3. The topological polar surface area (TPSA) is 49.8 Å². The van der Waals surface area contributed by atoms with Crippen molar-refractivity contribution < 1.29 is 4.39 Å². The van der Waals surface area contributed by atoms with Gasteiger partial charge in [-0.1, -0.05) is 30.3 Å². The fourth-order valence-electron chi connectivity index (χ4n) is 1.62. The number of hydrogen-bond donors (Lipinski definition) is 1. The van der Waals surface area contributed by atoms with E-state index >= 15 is 0 Å². The van der Waals surface area contributed by atoms with Crippen LogP contribution in [0.4, 0.5) is 4.39 Å². The lowest BCUT2D eigenvalue weighted by Gasteiger charge is -2.04. The molecule has 0 fully saturated rings. The Kier molecular flexibility index (Phi) is 3.17. The van der Waals surface area contributed by atoms with Crippen molar-refractivity contribution in [2.45, 2.75) is 6.54 Å². The fourth-order valence-corrected chi connectivity index (χ4v) is 1.62. The maximum Gasteiger partial charge on any atom is 0.141 e. The number of benzene rings is 2. The van der Waals surface area contributed by atoms with Crippen LogP contribution in [0.3, 0.4) is 0 Å². The van der Waals surface area contributed by atoms with Gasteiger partial charge in [0.25, 0.3) is 0 Å². The van der Waals surface area contributed by atoms with Gasteiger partial charge < -0.3 is 5.73 Å². The van der Waals surface area contributed by atoms with E-state index in [4.69, 9.17) is 11.0 Å². The Morgan fingerprint density at radius 1 is 1.06 bits per heavy atom. The van der Waals surface area contributed by atoms with Crippen LogP contribution in [-0.2, 0) is 6.54 Å². The molecule has 84 valence electrons. The maximum atomic E-state index is 13.4. The summed E-state index contributed by atoms with van der Waals surface area (Å²) in [6.07, 6.45) is 0. The average Bonchev–Trinajstić information content (AvgIpc) is 2.39. The van der Waals surface area contributed by atoms with Gasteiger partial charge >= 0.3 is 0 Å². The van der Waals surface area contributed by atoms with E-state index in [2.05, 4.69) is 0 Å². The third-order valence-corrected chi connectivity index (χ3v) is 2.61. The Bertz CT molecular complexity index is 568. The maximum absolute atomic E-state index is 13.4. The first kappa shape index (κ1) is 11.3. The molecule has 2 aromatic rings. The molecule has 2 aromatic carbocycles. The van der Waals surface area contributed by atoms with Gasteiger partial charge in [-0.25, -0.2) is 4.39 Å². The lowest BCUT2D eigenvalue weighted by atomic mass is 10.0. The molecule has 0 radical (unpaired) electrons. The Morgan fingerprint density at radius 2 is 1.71 bits per heavy atom. The van der Waals surface area contributed by atoms with Crippen molar-refractivity contribution in [2.75, 3.05) is 0 Å². The van der Waals surface area contributed by atoms with E-state index in [9.17, 15) is 4.39 Å². The molecule has 0 heterocycles. The summed E-state index contributed by atoms with van der Waals surface area (Å²) in [6.45, 7) is 0.488. The molecule has 0 atom stereocenters. The van der Waals surface area contributed by atoms with Gasteiger partial charge in [-0.05, 0) is 28.8 Å². The molecule has 0 aliphatic heterocycles. The Labute approximate surface area is 99.1 Å². The SMILES string of the molecule is N#Cc1ccc(-c2ccc(CN)cc2)cc1F. The van der Waals surface area contributed by atoms with Crippen LogP contribution < -0.4 is 5.73 Å². The summed E-state index contributed by atoms with van der Waals surface area (Å²) in [6, 6.07) is 14.0. The number of rotatable bonds is 2. The van der Waals surface area contributed by atoms with Gasteiger partial charge in [0.05, 0.1) is 5.56 Å². The largest absolute Gasteiger partial charge is 0.326 e. The van der Waals surface area contributed by atoms with Gasteiger partial charge in [0.2, 0.25) is 0 Å². The predicted octanol–water partition coefficient (Wildman–Crippen LogP) is 2.82. The molecule has 0 saturated carbocycles. The molecule has 0 aromatic heterocycles. The molecule has 17 heavy (non-hydrogen) atoms. The van der Waals surface area contributed by atoms with Crippen molar-refractivity contribution >= 4 is 0 Å². The van der Waals surface area contributed by atoms with Gasteiger partial charge in [-0.3, -0.25) is 0 Å². The van der Waals surface area contributed by atoms with Gasteiger partial charge in [0.1, 0.15) is 11.9 Å². The summed E-state index contributed by atoms with van der Waals surface area (Å²) < 4.78 is 13.4. The Hall–Kier alpha value is -2.18. The molecule has 2 N–H and O–H groups in total. The highest BCUT2D eigenvalue weighted by atomic mass is 19.1. The van der Waals surface area contributed by atoms with E-state index in [1.165, 1.54) is 12.1 Å². The Balaban J connectivity index is 2.40. The van der Waals surface area contributed by atoms with Crippen LogP contribution in [-0.4, -0.2) is 0 Å². The van der Waals surface area contributed by atoms with Crippen LogP contribution in [0.25, 0.3) is 11.1 Å². The molecule has 0 saturated heterocycles. The van der Waals surface area contributed by atoms with Crippen molar-refractivity contribution in [1.82, 2.24) is 0 Å². The lowest BCUT2D eigenvalue weighted by molar-refractivity contribution is 0.624. The van der Waals surface area contributed by atoms with Crippen molar-refractivity contribution in [2.24, 2.45) is 5.73 Å². The molecule has 0 aliphatic carbocycles. The highest BCUT2D eigenvalue weighted by molar-refractivity contribution is 5.64. The summed E-state index contributed by atoms with van der Waals surface area (Å²) in [5.74, 6) is -0.493. The number of nitrogens with two attached hydrogens (primary N) is 1. The number of nitrogens with zero attached hydrogens (tertiary/aromatic N) is 1. The van der Waals surface area contributed by atoms with Crippen LogP contribution in [0.1, 0.15) is 11.1 Å².